The summed E-state index contributed by atoms with van der Waals surface area (Å²) in [4.78, 5) is 21.8. The van der Waals surface area contributed by atoms with Crippen molar-refractivity contribution in [2.45, 2.75) is 33.2 Å². The van der Waals surface area contributed by atoms with Crippen LogP contribution in [0.15, 0.2) is 24.4 Å². The van der Waals surface area contributed by atoms with Gasteiger partial charge in [-0.3, -0.25) is 9.48 Å². The Labute approximate surface area is 150 Å². The quantitative estimate of drug-likeness (QED) is 0.691. The first-order valence-corrected chi connectivity index (χ1v) is 8.59. The highest BCUT2D eigenvalue weighted by molar-refractivity contribution is 5.78. The lowest BCUT2D eigenvalue weighted by Crippen LogP contribution is -2.30. The Bertz CT molecular complexity index is 946. The summed E-state index contributed by atoms with van der Waals surface area (Å²) in [5.41, 5.74) is 5.04. The number of fused-ring (bicyclic) bond motifs is 2. The van der Waals surface area contributed by atoms with Gasteiger partial charge in [0, 0.05) is 12.1 Å². The summed E-state index contributed by atoms with van der Waals surface area (Å²) in [6.07, 6.45) is 1.76. The van der Waals surface area contributed by atoms with Crippen molar-refractivity contribution in [2.75, 3.05) is 13.2 Å². The van der Waals surface area contributed by atoms with Gasteiger partial charge in [-0.15, -0.1) is 0 Å². The van der Waals surface area contributed by atoms with Crippen LogP contribution >= 0.6 is 0 Å². The lowest BCUT2D eigenvalue weighted by atomic mass is 10.2. The number of H-pyrrole nitrogens is 1. The Morgan fingerprint density at radius 1 is 1.38 bits per heavy atom. The van der Waals surface area contributed by atoms with Gasteiger partial charge in [0.05, 0.1) is 42.6 Å². The highest BCUT2D eigenvalue weighted by atomic mass is 16.5. The third kappa shape index (κ3) is 3.21. The Kier molecular flexibility index (Phi) is 4.44. The minimum Gasteiger partial charge on any atom is -0.394 e. The van der Waals surface area contributed by atoms with Crippen LogP contribution in [0, 0.1) is 6.92 Å². The number of hydrogen-bond donors (Lipinski definition) is 2. The molecule has 0 radical (unpaired) electrons. The Morgan fingerprint density at radius 2 is 2.27 bits per heavy atom. The molecule has 0 saturated carbocycles. The number of amides is 1. The van der Waals surface area contributed by atoms with Gasteiger partial charge in [0.15, 0.2) is 0 Å². The maximum Gasteiger partial charge on any atom is 0.249 e. The minimum absolute atomic E-state index is 0.00771. The van der Waals surface area contributed by atoms with Crippen LogP contribution in [0.4, 0.5) is 0 Å². The second-order valence-electron chi connectivity index (χ2n) is 6.51. The standard InChI is InChI=1S/C18H21N5O3/c1-12-2-3-14-15(6-12)21-17(20-14)10-26-11-18(25)22-8-13-7-19-23(4-5-24)16(13)9-22/h2-3,6-7,24H,4-5,8-11H2,1H3,(H,20,21). The van der Waals surface area contributed by atoms with Crippen molar-refractivity contribution in [3.05, 3.63) is 47.0 Å². The molecule has 1 aromatic carbocycles. The van der Waals surface area contributed by atoms with E-state index < -0.39 is 0 Å². The average molecular weight is 355 g/mol. The Morgan fingerprint density at radius 3 is 3.12 bits per heavy atom. The van der Waals surface area contributed by atoms with Gasteiger partial charge in [0.1, 0.15) is 19.0 Å². The van der Waals surface area contributed by atoms with Gasteiger partial charge in [-0.25, -0.2) is 4.98 Å². The number of ether oxygens (including phenoxy) is 1. The number of nitrogens with one attached hydrogen (secondary N) is 1. The monoisotopic (exact) mass is 355 g/mol. The van der Waals surface area contributed by atoms with E-state index in [1.54, 1.807) is 15.8 Å². The molecular weight excluding hydrogens is 334 g/mol. The van der Waals surface area contributed by atoms with E-state index in [0.717, 1.165) is 27.9 Å². The summed E-state index contributed by atoms with van der Waals surface area (Å²) < 4.78 is 7.31. The topological polar surface area (TPSA) is 96.3 Å². The first-order valence-electron chi connectivity index (χ1n) is 8.59. The molecule has 0 spiro atoms. The molecule has 0 saturated heterocycles. The number of imidazole rings is 1. The molecule has 8 nitrogen and oxygen atoms in total. The van der Waals surface area contributed by atoms with E-state index in [2.05, 4.69) is 15.1 Å². The molecule has 1 aliphatic heterocycles. The first kappa shape index (κ1) is 16.7. The molecule has 0 fully saturated rings. The molecule has 0 atom stereocenters. The molecule has 1 aliphatic rings. The maximum atomic E-state index is 12.4. The van der Waals surface area contributed by atoms with Crippen LogP contribution in [-0.2, 0) is 35.8 Å². The highest BCUT2D eigenvalue weighted by Crippen LogP contribution is 2.22. The van der Waals surface area contributed by atoms with Crippen molar-refractivity contribution in [1.82, 2.24) is 24.6 Å². The molecular formula is C18H21N5O3. The van der Waals surface area contributed by atoms with Crippen LogP contribution < -0.4 is 0 Å². The molecule has 8 heteroatoms. The molecule has 2 N–H and O–H groups in total. The number of aromatic nitrogens is 4. The van der Waals surface area contributed by atoms with Crippen molar-refractivity contribution in [3.63, 3.8) is 0 Å². The predicted octanol–water partition coefficient (Wildman–Crippen LogP) is 1.12. The van der Waals surface area contributed by atoms with Gasteiger partial charge in [-0.05, 0) is 24.6 Å². The molecule has 4 rings (SSSR count). The summed E-state index contributed by atoms with van der Waals surface area (Å²) in [5, 5.41) is 13.3. The molecule has 1 amide bonds. The zero-order valence-corrected chi connectivity index (χ0v) is 14.6. The molecule has 136 valence electrons. The van der Waals surface area contributed by atoms with Crippen LogP contribution in [0.5, 0.6) is 0 Å². The maximum absolute atomic E-state index is 12.4. The lowest BCUT2D eigenvalue weighted by Gasteiger charge is -2.16. The van der Waals surface area contributed by atoms with Gasteiger partial charge in [-0.1, -0.05) is 6.07 Å². The fourth-order valence-electron chi connectivity index (χ4n) is 3.24. The van der Waals surface area contributed by atoms with E-state index in [-0.39, 0.29) is 25.7 Å². The number of hydrogen-bond acceptors (Lipinski definition) is 5. The minimum atomic E-state index is -0.0660. The van der Waals surface area contributed by atoms with Gasteiger partial charge in [0.25, 0.3) is 0 Å². The van der Waals surface area contributed by atoms with Gasteiger partial charge >= 0.3 is 0 Å². The number of carbonyl (C=O) groups is 1. The lowest BCUT2D eigenvalue weighted by molar-refractivity contribution is -0.137. The van der Waals surface area contributed by atoms with Crippen LogP contribution in [0.2, 0.25) is 0 Å². The van der Waals surface area contributed by atoms with Crippen LogP contribution in [0.3, 0.4) is 0 Å². The number of aliphatic hydroxyl groups is 1. The number of rotatable bonds is 6. The summed E-state index contributed by atoms with van der Waals surface area (Å²) >= 11 is 0. The normalized spacial score (nSPS) is 13.5. The number of aliphatic hydroxyl groups excluding tert-OH is 1. The molecule has 0 aliphatic carbocycles. The van der Waals surface area contributed by atoms with Crippen molar-refractivity contribution in [1.29, 1.82) is 0 Å². The molecule has 2 aromatic heterocycles. The molecule has 3 heterocycles. The number of aromatic amines is 1. The van der Waals surface area contributed by atoms with E-state index in [4.69, 9.17) is 9.84 Å². The van der Waals surface area contributed by atoms with Crippen LogP contribution in [0.1, 0.15) is 22.6 Å². The van der Waals surface area contributed by atoms with E-state index in [1.165, 1.54) is 0 Å². The summed E-state index contributed by atoms with van der Waals surface area (Å²) in [7, 11) is 0. The Balaban J connectivity index is 1.31. The largest absolute Gasteiger partial charge is 0.394 e. The zero-order chi connectivity index (χ0) is 18.1. The third-order valence-corrected chi connectivity index (χ3v) is 4.55. The third-order valence-electron chi connectivity index (χ3n) is 4.55. The van der Waals surface area contributed by atoms with Gasteiger partial charge in [0.2, 0.25) is 5.91 Å². The Hall–Kier alpha value is -2.71. The smallest absolute Gasteiger partial charge is 0.249 e. The van der Waals surface area contributed by atoms with Crippen molar-refractivity contribution in [3.8, 4) is 0 Å². The number of nitrogens with zero attached hydrogens (tertiary/aromatic N) is 4. The molecule has 3 aromatic rings. The predicted molar refractivity (Wildman–Crippen MR) is 94.1 cm³/mol. The number of benzene rings is 1. The van der Waals surface area contributed by atoms with E-state index in [1.807, 2.05) is 25.1 Å². The average Bonchev–Trinajstić information content (AvgIpc) is 3.29. The summed E-state index contributed by atoms with van der Waals surface area (Å²) in [5.74, 6) is 0.644. The fourth-order valence-corrected chi connectivity index (χ4v) is 3.24. The van der Waals surface area contributed by atoms with E-state index in [0.29, 0.717) is 25.5 Å². The summed E-state index contributed by atoms with van der Waals surface area (Å²) in [6.45, 7) is 3.81. The SMILES string of the molecule is Cc1ccc2nc(COCC(=O)N3Cc4cnn(CCO)c4C3)[nH]c2c1. The zero-order valence-electron chi connectivity index (χ0n) is 14.6. The second-order valence-corrected chi connectivity index (χ2v) is 6.51. The van der Waals surface area contributed by atoms with Crippen molar-refractivity contribution in [2.24, 2.45) is 0 Å². The second kappa shape index (κ2) is 6.89. The van der Waals surface area contributed by atoms with Crippen LogP contribution in [0.25, 0.3) is 11.0 Å². The van der Waals surface area contributed by atoms with Gasteiger partial charge in [-0.2, -0.15) is 5.10 Å². The van der Waals surface area contributed by atoms with Crippen molar-refractivity contribution >= 4 is 16.9 Å². The first-order chi connectivity index (χ1) is 12.6. The number of aryl methyl sites for hydroxylation is 1. The summed E-state index contributed by atoms with van der Waals surface area (Å²) in [6, 6.07) is 6.02. The fraction of sp³-hybridized carbons (Fsp3) is 0.389. The van der Waals surface area contributed by atoms with Gasteiger partial charge < -0.3 is 19.7 Å². The van der Waals surface area contributed by atoms with Crippen LogP contribution in [-0.4, -0.2) is 48.9 Å². The molecule has 0 unspecified atom stereocenters. The van der Waals surface area contributed by atoms with Crippen molar-refractivity contribution < 1.29 is 14.6 Å². The number of carbonyl (C=O) groups excluding carboxylic acids is 1. The van der Waals surface area contributed by atoms with E-state index in [9.17, 15) is 4.79 Å². The molecule has 26 heavy (non-hydrogen) atoms. The van der Waals surface area contributed by atoms with E-state index >= 15 is 0 Å². The highest BCUT2D eigenvalue weighted by Gasteiger charge is 2.26. The molecule has 0 bridgehead atoms.